The lowest BCUT2D eigenvalue weighted by Gasteiger charge is -2.30. The number of aliphatic carboxylic acids is 7. The minimum Gasteiger partial charge on any atom is -0.508 e. The van der Waals surface area contributed by atoms with Crippen LogP contribution in [0, 0.1) is 11.8 Å². The molecule has 0 saturated heterocycles. The summed E-state index contributed by atoms with van der Waals surface area (Å²) in [5.74, 6) is -31.1. The first-order chi connectivity index (χ1) is 58.9. The van der Waals surface area contributed by atoms with Gasteiger partial charge in [0.15, 0.2) is 0 Å². The predicted molar refractivity (Wildman–Crippen MR) is 440 cm³/mol. The number of nitrogens with one attached hydrogen (secondary N) is 13. The number of carbonyl (C=O) groups excluding carboxylic acids is 14. The van der Waals surface area contributed by atoms with Gasteiger partial charge in [-0.15, -0.1) is 0 Å². The van der Waals surface area contributed by atoms with Crippen molar-refractivity contribution in [2.45, 2.75) is 228 Å². The Bertz CT molecular complexity index is 4280. The fraction of sp³-hybridized carbons (Fsp3) is 0.506. The third-order valence-electron chi connectivity index (χ3n) is 19.2. The molecular weight excluding hydrogens is 1670 g/mol. The highest BCUT2D eigenvalue weighted by atomic mass is 32.1. The number of thiol groups is 1. The molecule has 0 spiro atoms. The van der Waals surface area contributed by atoms with Crippen LogP contribution in [0.5, 0.6) is 5.75 Å². The number of carbonyl (C=O) groups is 21. The van der Waals surface area contributed by atoms with Crippen molar-refractivity contribution in [2.24, 2.45) is 29.0 Å². The lowest BCUT2D eigenvalue weighted by molar-refractivity contribution is -0.148. The second-order valence-electron chi connectivity index (χ2n) is 29.5. The maximum atomic E-state index is 14.7. The van der Waals surface area contributed by atoms with E-state index in [1.807, 2.05) is 5.32 Å². The monoisotopic (exact) mass is 1780 g/mol. The van der Waals surface area contributed by atoms with E-state index in [1.54, 1.807) is 79.8 Å². The summed E-state index contributed by atoms with van der Waals surface area (Å²) in [5, 5.41) is 107. The Hall–Kier alpha value is -13.4. The first-order valence-electron chi connectivity index (χ1n) is 39.6. The number of aromatic hydroxyl groups is 1. The molecule has 0 unspecified atom stereocenters. The van der Waals surface area contributed by atoms with Gasteiger partial charge in [-0.1, -0.05) is 107 Å². The molecule has 15 atom stereocenters. The molecule has 0 fully saturated rings. The van der Waals surface area contributed by atoms with Gasteiger partial charge in [0.2, 0.25) is 82.7 Å². The van der Waals surface area contributed by atoms with Gasteiger partial charge in [0.1, 0.15) is 84.3 Å². The zero-order chi connectivity index (χ0) is 93.9. The Morgan fingerprint density at radius 3 is 1.01 bits per heavy atom. The van der Waals surface area contributed by atoms with Gasteiger partial charge in [0, 0.05) is 44.3 Å². The van der Waals surface area contributed by atoms with E-state index in [2.05, 4.69) is 71.1 Å². The fourth-order valence-electron chi connectivity index (χ4n) is 12.1. The highest BCUT2D eigenvalue weighted by molar-refractivity contribution is 7.80. The van der Waals surface area contributed by atoms with Gasteiger partial charge in [0.05, 0.1) is 25.3 Å². The molecule has 14 amide bonds. The van der Waals surface area contributed by atoms with Crippen molar-refractivity contribution in [3.05, 3.63) is 102 Å². The van der Waals surface area contributed by atoms with E-state index in [0.717, 1.165) is 5.56 Å². The van der Waals surface area contributed by atoms with Crippen LogP contribution in [-0.4, -0.2) is 262 Å². The van der Waals surface area contributed by atoms with Crippen molar-refractivity contribution in [1.29, 1.82) is 0 Å². The number of rotatable bonds is 59. The van der Waals surface area contributed by atoms with E-state index in [9.17, 15) is 136 Å². The smallest absolute Gasteiger partial charge is 0.326 e. The van der Waals surface area contributed by atoms with E-state index in [1.165, 1.54) is 38.1 Å². The first-order valence-corrected chi connectivity index (χ1v) is 40.2. The summed E-state index contributed by atoms with van der Waals surface area (Å²) >= 11 is 4.34. The molecule has 3 aromatic rings. The highest BCUT2D eigenvalue weighted by Crippen LogP contribution is 2.18. The minimum absolute atomic E-state index is 0.0347. The van der Waals surface area contributed by atoms with E-state index >= 15 is 0 Å². The van der Waals surface area contributed by atoms with Gasteiger partial charge in [-0.05, 0) is 98.6 Å². The zero-order valence-corrected chi connectivity index (χ0v) is 69.7. The number of phenolic OH excluding ortho intramolecular Hbond substituents is 1. The number of carboxylic acids is 7. The Kier molecular flexibility index (Phi) is 45.8. The fourth-order valence-corrected chi connectivity index (χ4v) is 12.3. The predicted octanol–water partition coefficient (Wildman–Crippen LogP) is -4.82. The zero-order valence-electron chi connectivity index (χ0n) is 68.8. The van der Waals surface area contributed by atoms with E-state index in [0.29, 0.717) is 11.1 Å². The average molecular weight is 1780 g/mol. The summed E-state index contributed by atoms with van der Waals surface area (Å²) in [5.41, 5.74) is 19.1. The van der Waals surface area contributed by atoms with Crippen molar-refractivity contribution in [1.82, 2.24) is 69.1 Å². The second-order valence-corrected chi connectivity index (χ2v) is 29.9. The van der Waals surface area contributed by atoms with Crippen molar-refractivity contribution >= 4 is 137 Å². The SMILES string of the molecule is CC[C@H](C)[C@H](NC(=O)[C@H](Cc1ccc(O)cc1)NC(=O)[C@@H](N)Cc1ccccc1)C(=O)N[C@@H](CS)C(=O)N[C@@H](Cc1ccccc1)C(=O)N[C@H](C(=O)N[C@@H](CCC(=O)O)C(=O)N[C@@H](CC(=O)O)C(=O)N[C@@H](CCC(N)=O)C(=O)N[C@@H](CCCCN)C(=O)N[C@@H](CCC(=O)O)C(=O)N[C@@H](CCC(=O)O)C(=O)N[C@@H](CC(=O)O)C(=O)N[C@@H](CC(=O)O)C(=O)O)C(C)C. The number of amides is 14. The molecule has 0 aliphatic rings. The molecule has 686 valence electrons. The Morgan fingerprint density at radius 1 is 0.336 bits per heavy atom. The van der Waals surface area contributed by atoms with Crippen LogP contribution in [0.25, 0.3) is 0 Å². The summed E-state index contributed by atoms with van der Waals surface area (Å²) in [4.78, 5) is 280. The lowest BCUT2D eigenvalue weighted by atomic mass is 9.96. The molecule has 0 heterocycles. The van der Waals surface area contributed by atoms with E-state index < -0.39 is 304 Å². The Morgan fingerprint density at radius 2 is 0.640 bits per heavy atom. The number of carboxylic acid groups (broad SMARTS) is 7. The van der Waals surface area contributed by atoms with Crippen LogP contribution in [-0.2, 0) is 120 Å². The Balaban J connectivity index is 1.98. The van der Waals surface area contributed by atoms with Gasteiger partial charge in [-0.2, -0.15) is 12.6 Å². The number of hydrogen-bond acceptors (Lipinski definition) is 25. The second kappa shape index (κ2) is 54.2. The largest absolute Gasteiger partial charge is 0.508 e. The summed E-state index contributed by atoms with van der Waals surface area (Å²) in [7, 11) is 0. The summed E-state index contributed by atoms with van der Waals surface area (Å²) in [6.45, 7) is 6.18. The minimum atomic E-state index is -2.28. The first kappa shape index (κ1) is 106. The van der Waals surface area contributed by atoms with Crippen molar-refractivity contribution in [3.8, 4) is 5.75 Å². The Labute approximate surface area is 721 Å². The molecule has 45 nitrogen and oxygen atoms in total. The van der Waals surface area contributed by atoms with Gasteiger partial charge in [-0.25, -0.2) is 4.79 Å². The number of nitrogens with two attached hydrogens (primary N) is 3. The van der Waals surface area contributed by atoms with E-state index in [-0.39, 0.29) is 50.8 Å². The summed E-state index contributed by atoms with van der Waals surface area (Å²) in [6, 6.07) is -2.82. The van der Waals surface area contributed by atoms with Gasteiger partial charge >= 0.3 is 41.8 Å². The molecule has 0 aromatic heterocycles. The van der Waals surface area contributed by atoms with Crippen LogP contribution in [0.15, 0.2) is 84.9 Å². The summed E-state index contributed by atoms with van der Waals surface area (Å²) < 4.78 is 0. The molecule has 0 radical (unpaired) electrons. The van der Waals surface area contributed by atoms with E-state index in [4.69, 9.17) is 22.3 Å². The maximum Gasteiger partial charge on any atom is 0.326 e. The quantitative estimate of drug-likeness (QED) is 0.0186. The average Bonchev–Trinajstić information content (AvgIpc) is 0.847. The summed E-state index contributed by atoms with van der Waals surface area (Å²) in [6.07, 6.45) is -11.1. The van der Waals surface area contributed by atoms with Crippen LogP contribution in [0.3, 0.4) is 0 Å². The molecule has 125 heavy (non-hydrogen) atoms. The topological polar surface area (TPSA) is 755 Å². The number of unbranched alkanes of at least 4 members (excludes halogenated alkanes) is 1. The maximum absolute atomic E-state index is 14.7. The van der Waals surface area contributed by atoms with Crippen LogP contribution in [0.2, 0.25) is 0 Å². The van der Waals surface area contributed by atoms with Gasteiger partial charge in [-0.3, -0.25) is 95.9 Å². The number of hydrogen-bond donors (Lipinski definition) is 25. The molecular formula is C79H110N16O29S. The molecule has 3 rings (SSSR count). The molecule has 0 aliphatic heterocycles. The molecule has 3 aromatic carbocycles. The van der Waals surface area contributed by atoms with Gasteiger partial charge < -0.3 is 127 Å². The highest BCUT2D eigenvalue weighted by Gasteiger charge is 2.40. The van der Waals surface area contributed by atoms with Crippen LogP contribution < -0.4 is 86.3 Å². The number of benzene rings is 3. The van der Waals surface area contributed by atoms with Crippen LogP contribution in [0.1, 0.15) is 141 Å². The third-order valence-corrected chi connectivity index (χ3v) is 19.5. The van der Waals surface area contributed by atoms with Gasteiger partial charge in [0.25, 0.3) is 0 Å². The standard InChI is InChI=1S/C79H110N16O29S/c1-5-40(4)65(95-75(119)51(34-43-19-21-44(96)22-20-43)88-66(110)45(81)32-41-14-8-6-9-15-41)78(122)93-56(38-125)76(120)89-52(33-42-16-10-7-11-17-42)74(118)94-64(39(2)3)77(121)87-50(26-30-60(102)103)71(115)90-53(35-61(104)105)72(116)86-47(23-27-57(82)97)68(112)83-46(18-12-13-31-80)67(111)84-48(24-28-58(98)99)69(113)85-49(25-29-59(100)101)70(114)91-54(36-62(106)107)73(117)92-55(79(123)124)37-63(108)109/h6-11,14-17,19-22,39-40,45-56,64-65,96,125H,5,12-13,18,23-38,80-81H2,1-4H3,(H2,82,97)(H,83,112)(H,84,111)(H,85,113)(H,86,116)(H,87,121)(H,88,110)(H,89,120)(H,90,115)(H,91,114)(H,92,117)(H,93,122)(H,94,118)(H,95,119)(H,98,99)(H,100,101)(H,102,103)(H,104,105)(H,106,107)(H,108,109)(H,123,124)/t40-,45-,46-,47-,48-,49-,50-,51-,52-,53-,54-,55-,56-,64-,65-/m0/s1. The number of phenols is 1. The molecule has 27 N–H and O–H groups in total. The third kappa shape index (κ3) is 39.6. The molecule has 0 bridgehead atoms. The molecule has 46 heteroatoms. The van der Waals surface area contributed by atoms with Crippen LogP contribution in [0.4, 0.5) is 0 Å². The molecule has 0 aliphatic carbocycles. The lowest BCUT2D eigenvalue weighted by Crippen LogP contribution is -2.62. The molecule has 0 saturated carbocycles. The van der Waals surface area contributed by atoms with Crippen molar-refractivity contribution < 1.29 is 142 Å². The number of primary amides is 1. The van der Waals surface area contributed by atoms with Crippen molar-refractivity contribution in [3.63, 3.8) is 0 Å². The van der Waals surface area contributed by atoms with Crippen LogP contribution >= 0.6 is 12.6 Å². The normalized spacial score (nSPS) is 14.6. The van der Waals surface area contributed by atoms with Crippen molar-refractivity contribution in [2.75, 3.05) is 12.3 Å².